The van der Waals surface area contributed by atoms with Crippen molar-refractivity contribution in [3.05, 3.63) is 47.7 Å². The van der Waals surface area contributed by atoms with Crippen LogP contribution in [-0.2, 0) is 20.7 Å². The van der Waals surface area contributed by atoms with Crippen molar-refractivity contribution in [2.75, 3.05) is 32.8 Å². The van der Waals surface area contributed by atoms with Crippen LogP contribution >= 0.6 is 0 Å². The third-order valence-electron chi connectivity index (χ3n) is 6.32. The summed E-state index contributed by atoms with van der Waals surface area (Å²) in [4.78, 5) is 26.6. The molecule has 2 aliphatic rings. The number of benzene rings is 2. The Hall–Kier alpha value is -2.50. The van der Waals surface area contributed by atoms with Crippen molar-refractivity contribution in [2.24, 2.45) is 0 Å². The third kappa shape index (κ3) is 3.61. The molecule has 0 radical (unpaired) electrons. The van der Waals surface area contributed by atoms with Crippen molar-refractivity contribution in [3.63, 3.8) is 0 Å². The summed E-state index contributed by atoms with van der Waals surface area (Å²) < 4.78 is 11.2. The third-order valence-corrected chi connectivity index (χ3v) is 6.32. The Bertz CT molecular complexity index is 1080. The number of ether oxygens (including phenoxy) is 1. The van der Waals surface area contributed by atoms with Gasteiger partial charge in [0.15, 0.2) is 0 Å². The highest BCUT2D eigenvalue weighted by Crippen LogP contribution is 2.38. The van der Waals surface area contributed by atoms with Crippen LogP contribution < -0.4 is 0 Å². The predicted octanol–water partition coefficient (Wildman–Crippen LogP) is 3.87. The largest absolute Gasteiger partial charge is 0.464 e. The zero-order valence-corrected chi connectivity index (χ0v) is 16.5. The molecule has 0 spiro atoms. The van der Waals surface area contributed by atoms with E-state index in [0.29, 0.717) is 12.8 Å². The van der Waals surface area contributed by atoms with Crippen molar-refractivity contribution in [2.45, 2.75) is 31.6 Å². The van der Waals surface area contributed by atoms with E-state index >= 15 is 0 Å². The predicted molar refractivity (Wildman–Crippen MR) is 111 cm³/mol. The molecule has 1 aliphatic carbocycles. The van der Waals surface area contributed by atoms with Gasteiger partial charge in [0.2, 0.25) is 0 Å². The van der Waals surface area contributed by atoms with Gasteiger partial charge in [-0.1, -0.05) is 24.3 Å². The maximum absolute atomic E-state index is 12.5. The average molecular weight is 391 g/mol. The van der Waals surface area contributed by atoms with E-state index in [1.807, 2.05) is 6.07 Å². The lowest BCUT2D eigenvalue weighted by Crippen LogP contribution is -2.37. The maximum Gasteiger partial charge on any atom is 0.147 e. The van der Waals surface area contributed by atoms with Gasteiger partial charge >= 0.3 is 0 Å². The molecule has 0 bridgehead atoms. The maximum atomic E-state index is 12.5. The van der Waals surface area contributed by atoms with Crippen molar-refractivity contribution in [1.29, 1.82) is 0 Å². The molecule has 1 atom stereocenters. The number of hydrogen-bond acceptors (Lipinski definition) is 5. The van der Waals surface area contributed by atoms with Crippen LogP contribution in [0.3, 0.4) is 0 Å². The van der Waals surface area contributed by atoms with Crippen LogP contribution in [0.25, 0.3) is 21.7 Å². The minimum atomic E-state index is -0.236. The van der Waals surface area contributed by atoms with E-state index in [4.69, 9.17) is 9.15 Å². The molecule has 0 amide bonds. The molecule has 5 nitrogen and oxygen atoms in total. The number of carbonyl (C=O) groups is 2. The number of hydrogen-bond donors (Lipinski definition) is 0. The zero-order valence-electron chi connectivity index (χ0n) is 16.5. The van der Waals surface area contributed by atoms with Gasteiger partial charge in [0, 0.05) is 42.9 Å². The number of ketones is 2. The van der Waals surface area contributed by atoms with E-state index in [1.54, 1.807) is 6.26 Å². The van der Waals surface area contributed by atoms with Gasteiger partial charge in [-0.25, -0.2) is 0 Å². The Morgan fingerprint density at radius 3 is 2.76 bits per heavy atom. The lowest BCUT2D eigenvalue weighted by atomic mass is 9.81. The summed E-state index contributed by atoms with van der Waals surface area (Å²) in [6, 6.07) is 10.7. The second-order valence-electron chi connectivity index (χ2n) is 8.16. The van der Waals surface area contributed by atoms with E-state index in [-0.39, 0.29) is 23.9 Å². The molecule has 1 saturated heterocycles. The second-order valence-corrected chi connectivity index (χ2v) is 8.16. The van der Waals surface area contributed by atoms with Crippen molar-refractivity contribution in [3.8, 4) is 0 Å². The Labute approximate surface area is 169 Å². The zero-order chi connectivity index (χ0) is 19.8. The highest BCUT2D eigenvalue weighted by atomic mass is 16.5. The molecule has 1 aliphatic heterocycles. The van der Waals surface area contributed by atoms with E-state index < -0.39 is 0 Å². The highest BCUT2D eigenvalue weighted by molar-refractivity contribution is 6.11. The van der Waals surface area contributed by atoms with Crippen molar-refractivity contribution >= 4 is 33.3 Å². The van der Waals surface area contributed by atoms with E-state index in [9.17, 15) is 9.59 Å². The smallest absolute Gasteiger partial charge is 0.147 e. The lowest BCUT2D eigenvalue weighted by Gasteiger charge is -2.26. The fraction of sp³-hybridized carbons (Fsp3) is 0.417. The molecular formula is C24H25NO4. The van der Waals surface area contributed by atoms with Crippen LogP contribution in [0.1, 0.15) is 36.3 Å². The number of nitrogens with zero attached hydrogens (tertiary/aromatic N) is 1. The molecular weight excluding hydrogens is 366 g/mol. The van der Waals surface area contributed by atoms with Gasteiger partial charge in [-0.05, 0) is 35.2 Å². The van der Waals surface area contributed by atoms with E-state index in [2.05, 4.69) is 29.2 Å². The summed E-state index contributed by atoms with van der Waals surface area (Å²) in [6.45, 7) is 4.70. The van der Waals surface area contributed by atoms with Crippen molar-refractivity contribution < 1.29 is 18.7 Å². The molecule has 5 heteroatoms. The quantitative estimate of drug-likeness (QED) is 0.632. The molecule has 29 heavy (non-hydrogen) atoms. The molecule has 1 aromatic heterocycles. The standard InChI is InChI=1S/C24H25NO4/c26-18-3-5-20(22(27)14-18)21-15-29-23-6-2-17-13-16(1-4-19(17)24(21)23)7-8-25-9-11-28-12-10-25/h1-2,4,6,13,15,20H,3,5,7-12,14H2. The number of rotatable bonds is 4. The first kappa shape index (κ1) is 18.5. The number of Topliss-reactive ketones (excluding diaryl/α,β-unsaturated/α-hetero) is 2. The van der Waals surface area contributed by atoms with Gasteiger partial charge in [0.25, 0.3) is 0 Å². The normalized spacial score (nSPS) is 21.3. The molecule has 1 saturated carbocycles. The Morgan fingerprint density at radius 2 is 1.93 bits per heavy atom. The first-order valence-electron chi connectivity index (χ1n) is 10.5. The van der Waals surface area contributed by atoms with E-state index in [0.717, 1.165) is 61.2 Å². The van der Waals surface area contributed by atoms with E-state index in [1.165, 1.54) is 10.9 Å². The molecule has 0 N–H and O–H groups in total. The van der Waals surface area contributed by atoms with Gasteiger partial charge in [0.05, 0.1) is 25.9 Å². The topological polar surface area (TPSA) is 59.8 Å². The van der Waals surface area contributed by atoms with Crippen LogP contribution in [0.4, 0.5) is 0 Å². The minimum Gasteiger partial charge on any atom is -0.464 e. The lowest BCUT2D eigenvalue weighted by molar-refractivity contribution is -0.130. The van der Waals surface area contributed by atoms with Gasteiger partial charge in [-0.3, -0.25) is 14.5 Å². The minimum absolute atomic E-state index is 0.0167. The first-order valence-corrected chi connectivity index (χ1v) is 10.5. The molecule has 2 heterocycles. The fourth-order valence-corrected chi connectivity index (χ4v) is 4.67. The SMILES string of the molecule is O=C1CCC(c2coc3ccc4cc(CCN5CCOCC5)ccc4c23)C(=O)C1. The van der Waals surface area contributed by atoms with Gasteiger partial charge in [0.1, 0.15) is 17.1 Å². The molecule has 2 aromatic carbocycles. The molecule has 5 rings (SSSR count). The summed E-state index contributed by atoms with van der Waals surface area (Å²) >= 11 is 0. The number of fused-ring (bicyclic) bond motifs is 3. The van der Waals surface area contributed by atoms with Gasteiger partial charge in [-0.2, -0.15) is 0 Å². The van der Waals surface area contributed by atoms with Crippen LogP contribution in [-0.4, -0.2) is 49.3 Å². The fourth-order valence-electron chi connectivity index (χ4n) is 4.67. The monoisotopic (exact) mass is 391 g/mol. The average Bonchev–Trinajstić information content (AvgIpc) is 3.17. The number of furan rings is 1. The molecule has 1 unspecified atom stereocenters. The molecule has 2 fully saturated rings. The Balaban J connectivity index is 1.45. The van der Waals surface area contributed by atoms with Crippen LogP contribution in [0.5, 0.6) is 0 Å². The molecule has 150 valence electrons. The summed E-state index contributed by atoms with van der Waals surface area (Å²) in [5.41, 5.74) is 3.05. The first-order chi connectivity index (χ1) is 14.2. The van der Waals surface area contributed by atoms with Crippen LogP contribution in [0.2, 0.25) is 0 Å². The van der Waals surface area contributed by atoms with Crippen LogP contribution in [0, 0.1) is 0 Å². The Morgan fingerprint density at radius 1 is 1.07 bits per heavy atom. The summed E-state index contributed by atoms with van der Waals surface area (Å²) in [7, 11) is 0. The van der Waals surface area contributed by atoms with Gasteiger partial charge in [-0.15, -0.1) is 0 Å². The highest BCUT2D eigenvalue weighted by Gasteiger charge is 2.31. The Kier molecular flexibility index (Phi) is 4.94. The number of carbonyl (C=O) groups excluding carboxylic acids is 2. The van der Waals surface area contributed by atoms with Crippen molar-refractivity contribution in [1.82, 2.24) is 4.90 Å². The summed E-state index contributed by atoms with van der Waals surface area (Å²) in [5.74, 6) is -0.169. The summed E-state index contributed by atoms with van der Waals surface area (Å²) in [6.07, 6.45) is 3.83. The number of morpholine rings is 1. The van der Waals surface area contributed by atoms with Gasteiger partial charge < -0.3 is 9.15 Å². The summed E-state index contributed by atoms with van der Waals surface area (Å²) in [5, 5.41) is 3.31. The van der Waals surface area contributed by atoms with Crippen LogP contribution in [0.15, 0.2) is 41.0 Å². The molecule has 3 aromatic rings. The second kappa shape index (κ2) is 7.73.